The summed E-state index contributed by atoms with van der Waals surface area (Å²) in [6.45, 7) is 0. The molecule has 1 aromatic rings. The van der Waals surface area contributed by atoms with Gasteiger partial charge in [-0.05, 0) is 18.2 Å². The van der Waals surface area contributed by atoms with Crippen molar-refractivity contribution < 1.29 is 8.42 Å². The van der Waals surface area contributed by atoms with Crippen LogP contribution >= 0.6 is 12.6 Å². The van der Waals surface area contributed by atoms with Gasteiger partial charge in [-0.3, -0.25) is 0 Å². The predicted molar refractivity (Wildman–Crippen MR) is 64.9 cm³/mol. The third-order valence-electron chi connectivity index (χ3n) is 1.73. The van der Waals surface area contributed by atoms with Crippen LogP contribution in [0.3, 0.4) is 0 Å². The lowest BCUT2D eigenvalue weighted by molar-refractivity contribution is 0.602. The summed E-state index contributed by atoms with van der Waals surface area (Å²) in [5.74, 6) is 6.51. The van der Waals surface area contributed by atoms with E-state index in [2.05, 4.69) is 24.5 Å². The zero-order valence-corrected chi connectivity index (χ0v) is 10.1. The van der Waals surface area contributed by atoms with Crippen molar-refractivity contribution in [2.75, 3.05) is 12.0 Å². The summed E-state index contributed by atoms with van der Waals surface area (Å²) in [6.07, 6.45) is 1.89. The summed E-state index contributed by atoms with van der Waals surface area (Å²) in [5, 5.41) is 0. The fourth-order valence-corrected chi connectivity index (χ4v) is 1.80. The SMILES string of the molecule is CS(=O)(=O)c1cccc(C#CCCS)c1. The Bertz CT molecular complexity index is 493. The molecule has 0 fully saturated rings. The maximum absolute atomic E-state index is 11.3. The Labute approximate surface area is 96.0 Å². The minimum atomic E-state index is -3.14. The minimum Gasteiger partial charge on any atom is -0.224 e. The number of thiol groups is 1. The number of sulfone groups is 1. The third kappa shape index (κ3) is 3.98. The van der Waals surface area contributed by atoms with Crippen molar-refractivity contribution in [3.05, 3.63) is 29.8 Å². The molecule has 15 heavy (non-hydrogen) atoms. The summed E-state index contributed by atoms with van der Waals surface area (Å²) < 4.78 is 22.5. The molecular weight excluding hydrogens is 228 g/mol. The number of benzene rings is 1. The molecule has 0 aliphatic rings. The largest absolute Gasteiger partial charge is 0.224 e. The van der Waals surface area contributed by atoms with Crippen molar-refractivity contribution in [1.29, 1.82) is 0 Å². The summed E-state index contributed by atoms with van der Waals surface area (Å²) >= 11 is 4.03. The maximum atomic E-state index is 11.3. The topological polar surface area (TPSA) is 34.1 Å². The Morgan fingerprint density at radius 1 is 1.40 bits per heavy atom. The van der Waals surface area contributed by atoms with Crippen LogP contribution in [0.4, 0.5) is 0 Å². The molecule has 1 aromatic carbocycles. The molecule has 0 radical (unpaired) electrons. The van der Waals surface area contributed by atoms with Crippen LogP contribution < -0.4 is 0 Å². The van der Waals surface area contributed by atoms with Gasteiger partial charge in [0.1, 0.15) is 0 Å². The van der Waals surface area contributed by atoms with Gasteiger partial charge in [-0.2, -0.15) is 12.6 Å². The van der Waals surface area contributed by atoms with Gasteiger partial charge >= 0.3 is 0 Å². The molecule has 1 rings (SSSR count). The average molecular weight is 240 g/mol. The van der Waals surface area contributed by atoms with Crippen LogP contribution in [0.15, 0.2) is 29.2 Å². The summed E-state index contributed by atoms with van der Waals surface area (Å²) in [6, 6.07) is 6.64. The summed E-state index contributed by atoms with van der Waals surface area (Å²) in [7, 11) is -3.14. The van der Waals surface area contributed by atoms with E-state index in [-0.39, 0.29) is 0 Å². The number of hydrogen-bond donors (Lipinski definition) is 1. The van der Waals surface area contributed by atoms with Crippen LogP contribution in [0.25, 0.3) is 0 Å². The zero-order valence-electron chi connectivity index (χ0n) is 8.40. The standard InChI is InChI=1S/C11H12O2S2/c1-15(12,13)11-7-4-6-10(9-11)5-2-3-8-14/h4,6-7,9,14H,3,8H2,1H3. The van der Waals surface area contributed by atoms with E-state index in [1.54, 1.807) is 24.3 Å². The van der Waals surface area contributed by atoms with E-state index in [4.69, 9.17) is 0 Å². The van der Waals surface area contributed by atoms with Gasteiger partial charge in [-0.1, -0.05) is 17.9 Å². The van der Waals surface area contributed by atoms with Crippen LogP contribution in [-0.4, -0.2) is 20.4 Å². The highest BCUT2D eigenvalue weighted by atomic mass is 32.2. The fraction of sp³-hybridized carbons (Fsp3) is 0.273. The van der Waals surface area contributed by atoms with Gasteiger partial charge in [0, 0.05) is 24.0 Å². The van der Waals surface area contributed by atoms with Crippen molar-refractivity contribution in [3.8, 4) is 11.8 Å². The van der Waals surface area contributed by atoms with Crippen LogP contribution in [0.5, 0.6) is 0 Å². The first-order valence-corrected chi connectivity index (χ1v) is 6.96. The highest BCUT2D eigenvalue weighted by molar-refractivity contribution is 7.90. The lowest BCUT2D eigenvalue weighted by atomic mass is 10.2. The molecule has 0 aromatic heterocycles. The Balaban J connectivity index is 3.00. The molecule has 4 heteroatoms. The van der Waals surface area contributed by atoms with Crippen molar-refractivity contribution >= 4 is 22.5 Å². The lowest BCUT2D eigenvalue weighted by Gasteiger charge is -1.97. The summed E-state index contributed by atoms with van der Waals surface area (Å²) in [4.78, 5) is 0.306. The number of hydrogen-bond acceptors (Lipinski definition) is 3. The van der Waals surface area contributed by atoms with E-state index in [0.717, 1.165) is 5.56 Å². The van der Waals surface area contributed by atoms with Crippen molar-refractivity contribution in [2.45, 2.75) is 11.3 Å². The molecule has 0 saturated heterocycles. The van der Waals surface area contributed by atoms with Gasteiger partial charge in [-0.15, -0.1) is 0 Å². The van der Waals surface area contributed by atoms with E-state index >= 15 is 0 Å². The Morgan fingerprint density at radius 3 is 2.73 bits per heavy atom. The second-order valence-corrected chi connectivity index (χ2v) is 5.54. The third-order valence-corrected chi connectivity index (χ3v) is 3.07. The molecular formula is C11H12O2S2. The van der Waals surface area contributed by atoms with Gasteiger partial charge in [-0.25, -0.2) is 8.42 Å². The molecule has 0 amide bonds. The molecule has 0 unspecified atom stereocenters. The molecule has 0 bridgehead atoms. The molecule has 0 aliphatic heterocycles. The highest BCUT2D eigenvalue weighted by Gasteiger charge is 2.05. The first-order chi connectivity index (χ1) is 7.04. The van der Waals surface area contributed by atoms with Crippen molar-refractivity contribution in [3.63, 3.8) is 0 Å². The molecule has 0 N–H and O–H groups in total. The van der Waals surface area contributed by atoms with E-state index in [0.29, 0.717) is 17.1 Å². The molecule has 0 saturated carbocycles. The Morgan fingerprint density at radius 2 is 2.13 bits per heavy atom. The van der Waals surface area contributed by atoms with Gasteiger partial charge in [0.15, 0.2) is 9.84 Å². The fourth-order valence-electron chi connectivity index (χ4n) is 1.02. The van der Waals surface area contributed by atoms with Crippen LogP contribution in [0, 0.1) is 11.8 Å². The minimum absolute atomic E-state index is 0.306. The lowest BCUT2D eigenvalue weighted by Crippen LogP contribution is -1.96. The molecule has 80 valence electrons. The second kappa shape index (κ2) is 5.24. The monoisotopic (exact) mass is 240 g/mol. The molecule has 0 heterocycles. The van der Waals surface area contributed by atoms with Gasteiger partial charge in [0.25, 0.3) is 0 Å². The molecule has 0 aliphatic carbocycles. The van der Waals surface area contributed by atoms with Crippen molar-refractivity contribution in [1.82, 2.24) is 0 Å². The van der Waals surface area contributed by atoms with Crippen LogP contribution in [0.2, 0.25) is 0 Å². The normalized spacial score (nSPS) is 10.5. The van der Waals surface area contributed by atoms with E-state index in [1.807, 2.05) is 0 Å². The van der Waals surface area contributed by atoms with Gasteiger partial charge < -0.3 is 0 Å². The van der Waals surface area contributed by atoms with Crippen LogP contribution in [0.1, 0.15) is 12.0 Å². The number of rotatable bonds is 2. The molecule has 0 atom stereocenters. The van der Waals surface area contributed by atoms with Crippen molar-refractivity contribution in [2.24, 2.45) is 0 Å². The maximum Gasteiger partial charge on any atom is 0.175 e. The predicted octanol–water partition coefficient (Wildman–Crippen LogP) is 1.76. The Hall–Kier alpha value is -0.920. The second-order valence-electron chi connectivity index (χ2n) is 3.08. The van der Waals surface area contributed by atoms with E-state index < -0.39 is 9.84 Å². The van der Waals surface area contributed by atoms with Gasteiger partial charge in [0.05, 0.1) is 4.90 Å². The Kier molecular flexibility index (Phi) is 4.25. The van der Waals surface area contributed by atoms with E-state index in [9.17, 15) is 8.42 Å². The smallest absolute Gasteiger partial charge is 0.175 e. The zero-order chi connectivity index (χ0) is 11.3. The van der Waals surface area contributed by atoms with Gasteiger partial charge in [0.2, 0.25) is 0 Å². The first kappa shape index (κ1) is 12.2. The summed E-state index contributed by atoms with van der Waals surface area (Å²) in [5.41, 5.74) is 0.722. The van der Waals surface area contributed by atoms with E-state index in [1.165, 1.54) is 6.26 Å². The highest BCUT2D eigenvalue weighted by Crippen LogP contribution is 2.10. The average Bonchev–Trinajstić information content (AvgIpc) is 2.17. The molecule has 2 nitrogen and oxygen atoms in total. The molecule has 0 spiro atoms. The first-order valence-electron chi connectivity index (χ1n) is 4.44. The quantitative estimate of drug-likeness (QED) is 0.631. The van der Waals surface area contributed by atoms with Crippen LogP contribution in [-0.2, 0) is 9.84 Å².